The Balaban J connectivity index is 1.15. The highest BCUT2D eigenvalue weighted by atomic mass is 16.6. The molecule has 8 aliphatic carbocycles. The molecule has 7 fully saturated rings. The van der Waals surface area contributed by atoms with Crippen molar-refractivity contribution in [1.29, 1.82) is 0 Å². The van der Waals surface area contributed by atoms with Crippen LogP contribution >= 0.6 is 0 Å². The highest BCUT2D eigenvalue weighted by Crippen LogP contribution is 2.68. The quantitative estimate of drug-likeness (QED) is 0.456. The molecule has 0 saturated heterocycles. The minimum atomic E-state index is -0.771. The standard InChI is InChI=1S/C24H32O3/c1-23(17-5-12-4-13(6-17)11-24(23,26)10-12)27-22(25)19-9-16-8-18(19)21-15-3-2-14(7-15)20(16)21/h2-3,12-21,26H,4-11H2,1H3. The minimum absolute atomic E-state index is 0.0381. The van der Waals surface area contributed by atoms with Crippen LogP contribution in [-0.4, -0.2) is 22.3 Å². The van der Waals surface area contributed by atoms with Crippen molar-refractivity contribution in [3.8, 4) is 0 Å². The summed E-state index contributed by atoms with van der Waals surface area (Å²) in [5.41, 5.74) is -1.42. The Morgan fingerprint density at radius 1 is 0.963 bits per heavy atom. The van der Waals surface area contributed by atoms with Crippen LogP contribution in [-0.2, 0) is 9.53 Å². The molecule has 0 amide bonds. The topological polar surface area (TPSA) is 46.5 Å². The Bertz CT molecular complexity index is 728. The number of ether oxygens (including phenoxy) is 1. The van der Waals surface area contributed by atoms with Crippen molar-refractivity contribution in [2.24, 2.45) is 59.2 Å². The summed E-state index contributed by atoms with van der Waals surface area (Å²) in [5.74, 6) is 6.23. The molecule has 8 aliphatic rings. The maximum Gasteiger partial charge on any atom is 0.309 e. The lowest BCUT2D eigenvalue weighted by Crippen LogP contribution is -2.69. The van der Waals surface area contributed by atoms with Gasteiger partial charge in [0.05, 0.1) is 5.92 Å². The summed E-state index contributed by atoms with van der Waals surface area (Å²) in [6, 6.07) is 0. The van der Waals surface area contributed by atoms with Crippen molar-refractivity contribution in [1.82, 2.24) is 0 Å². The predicted octanol–water partition coefficient (Wildman–Crippen LogP) is 3.95. The van der Waals surface area contributed by atoms with Gasteiger partial charge in [0.2, 0.25) is 0 Å². The molecule has 0 aromatic heterocycles. The molecule has 0 aromatic rings. The first-order valence-electron chi connectivity index (χ1n) is 11.6. The fourth-order valence-corrected chi connectivity index (χ4v) is 9.92. The third kappa shape index (κ3) is 1.82. The summed E-state index contributed by atoms with van der Waals surface area (Å²) in [5, 5.41) is 11.5. The Morgan fingerprint density at radius 3 is 2.37 bits per heavy atom. The molecule has 3 nitrogen and oxygen atoms in total. The lowest BCUT2D eigenvalue weighted by Gasteiger charge is -2.63. The van der Waals surface area contributed by atoms with E-state index in [-0.39, 0.29) is 11.9 Å². The van der Waals surface area contributed by atoms with Gasteiger partial charge >= 0.3 is 5.97 Å². The number of hydrogen-bond acceptors (Lipinski definition) is 3. The van der Waals surface area contributed by atoms with E-state index >= 15 is 0 Å². The van der Waals surface area contributed by atoms with Crippen molar-refractivity contribution >= 4 is 5.97 Å². The molecule has 10 unspecified atom stereocenters. The van der Waals surface area contributed by atoms with Crippen LogP contribution in [0.2, 0.25) is 0 Å². The van der Waals surface area contributed by atoms with Crippen LogP contribution in [0.15, 0.2) is 12.2 Å². The van der Waals surface area contributed by atoms with Crippen LogP contribution in [0.3, 0.4) is 0 Å². The number of allylic oxidation sites excluding steroid dienone is 2. The molecule has 146 valence electrons. The molecular formula is C24H32O3. The summed E-state index contributed by atoms with van der Waals surface area (Å²) in [6.07, 6.45) is 13.8. The van der Waals surface area contributed by atoms with Gasteiger partial charge < -0.3 is 9.84 Å². The first kappa shape index (κ1) is 16.0. The van der Waals surface area contributed by atoms with E-state index in [2.05, 4.69) is 19.1 Å². The normalized spacial score (nSPS) is 63.8. The molecule has 27 heavy (non-hydrogen) atoms. The van der Waals surface area contributed by atoms with Crippen LogP contribution in [0.1, 0.15) is 58.3 Å². The van der Waals surface area contributed by atoms with E-state index in [1.807, 2.05) is 0 Å². The second-order valence-electron chi connectivity index (χ2n) is 11.7. The van der Waals surface area contributed by atoms with E-state index < -0.39 is 11.2 Å². The molecule has 8 rings (SSSR count). The zero-order chi connectivity index (χ0) is 18.1. The molecule has 8 bridgehead atoms. The maximum atomic E-state index is 13.4. The molecule has 1 N–H and O–H groups in total. The lowest BCUT2D eigenvalue weighted by molar-refractivity contribution is -0.271. The smallest absolute Gasteiger partial charge is 0.309 e. The summed E-state index contributed by atoms with van der Waals surface area (Å²) >= 11 is 0. The third-order valence-corrected chi connectivity index (χ3v) is 10.7. The van der Waals surface area contributed by atoms with E-state index in [0.717, 1.165) is 61.7 Å². The van der Waals surface area contributed by atoms with Gasteiger partial charge in [-0.2, -0.15) is 0 Å². The zero-order valence-electron chi connectivity index (χ0n) is 16.3. The number of esters is 1. The largest absolute Gasteiger partial charge is 0.456 e. The Morgan fingerprint density at radius 2 is 1.67 bits per heavy atom. The number of fused-ring (bicyclic) bond motifs is 9. The first-order chi connectivity index (χ1) is 13.0. The summed E-state index contributed by atoms with van der Waals surface area (Å²) in [4.78, 5) is 13.4. The average molecular weight is 369 g/mol. The second-order valence-corrected chi connectivity index (χ2v) is 11.7. The highest BCUT2D eigenvalue weighted by molar-refractivity contribution is 5.74. The number of aliphatic hydroxyl groups is 1. The predicted molar refractivity (Wildman–Crippen MR) is 100 cm³/mol. The van der Waals surface area contributed by atoms with E-state index in [9.17, 15) is 9.90 Å². The fourth-order valence-electron chi connectivity index (χ4n) is 9.92. The molecule has 0 spiro atoms. The fraction of sp³-hybridized carbons (Fsp3) is 0.875. The highest BCUT2D eigenvalue weighted by Gasteiger charge is 2.67. The van der Waals surface area contributed by atoms with Gasteiger partial charge in [-0.25, -0.2) is 0 Å². The molecule has 10 atom stereocenters. The molecule has 0 aliphatic heterocycles. The monoisotopic (exact) mass is 368 g/mol. The number of hydrogen-bond donors (Lipinski definition) is 1. The van der Waals surface area contributed by atoms with E-state index in [1.54, 1.807) is 0 Å². The average Bonchev–Trinajstić information content (AvgIpc) is 3.37. The number of carbonyl (C=O) groups excluding carboxylic acids is 1. The lowest BCUT2D eigenvalue weighted by atomic mass is 9.48. The molecule has 3 heteroatoms. The van der Waals surface area contributed by atoms with Crippen molar-refractivity contribution in [3.05, 3.63) is 12.2 Å². The van der Waals surface area contributed by atoms with E-state index in [0.29, 0.717) is 23.7 Å². The van der Waals surface area contributed by atoms with Crippen molar-refractivity contribution in [2.45, 2.75) is 69.5 Å². The Labute approximate surface area is 161 Å². The summed E-state index contributed by atoms with van der Waals surface area (Å²) in [7, 11) is 0. The maximum absolute atomic E-state index is 13.4. The van der Waals surface area contributed by atoms with Crippen LogP contribution in [0, 0.1) is 59.2 Å². The SMILES string of the molecule is CC1(OC(=O)C2CC3CC2C2C4C=CC(C4)C32)C2CC3CC(C2)CC1(O)C3. The molecule has 0 heterocycles. The van der Waals surface area contributed by atoms with Gasteiger partial charge in [0, 0.05) is 5.92 Å². The number of rotatable bonds is 2. The first-order valence-corrected chi connectivity index (χ1v) is 11.6. The van der Waals surface area contributed by atoms with Crippen molar-refractivity contribution < 1.29 is 14.6 Å². The van der Waals surface area contributed by atoms with Gasteiger partial charge in [0.15, 0.2) is 0 Å². The number of carbonyl (C=O) groups is 1. The molecule has 0 aromatic carbocycles. The van der Waals surface area contributed by atoms with Crippen molar-refractivity contribution in [2.75, 3.05) is 0 Å². The van der Waals surface area contributed by atoms with Gasteiger partial charge in [-0.15, -0.1) is 0 Å². The second kappa shape index (κ2) is 4.83. The minimum Gasteiger partial charge on any atom is -0.456 e. The molecule has 0 radical (unpaired) electrons. The van der Waals surface area contributed by atoms with Gasteiger partial charge in [-0.1, -0.05) is 12.2 Å². The van der Waals surface area contributed by atoms with Crippen LogP contribution in [0.25, 0.3) is 0 Å². The Kier molecular flexibility index (Phi) is 2.87. The summed E-state index contributed by atoms with van der Waals surface area (Å²) in [6.45, 7) is 2.07. The molecular weight excluding hydrogens is 336 g/mol. The van der Waals surface area contributed by atoms with Gasteiger partial charge in [-0.3, -0.25) is 4.79 Å². The van der Waals surface area contributed by atoms with Gasteiger partial charge in [0.25, 0.3) is 0 Å². The van der Waals surface area contributed by atoms with E-state index in [1.165, 1.54) is 19.3 Å². The van der Waals surface area contributed by atoms with Crippen LogP contribution in [0.5, 0.6) is 0 Å². The molecule has 7 saturated carbocycles. The van der Waals surface area contributed by atoms with Gasteiger partial charge in [0.1, 0.15) is 11.2 Å². The van der Waals surface area contributed by atoms with Crippen LogP contribution in [0.4, 0.5) is 0 Å². The van der Waals surface area contributed by atoms with Crippen molar-refractivity contribution in [3.63, 3.8) is 0 Å². The summed E-state index contributed by atoms with van der Waals surface area (Å²) < 4.78 is 6.38. The Hall–Kier alpha value is -0.830. The third-order valence-electron chi connectivity index (χ3n) is 10.7. The zero-order valence-corrected chi connectivity index (χ0v) is 16.3. The van der Waals surface area contributed by atoms with Crippen LogP contribution < -0.4 is 0 Å². The van der Waals surface area contributed by atoms with Gasteiger partial charge in [-0.05, 0) is 106 Å². The van der Waals surface area contributed by atoms with E-state index in [4.69, 9.17) is 4.74 Å².